The number of methoxy groups -OCH3 is 1. The number of nitro benzene ring substituents is 1. The van der Waals surface area contributed by atoms with Crippen molar-refractivity contribution in [3.8, 4) is 17.2 Å². The third-order valence-corrected chi connectivity index (χ3v) is 18.2. The standard InChI is InChI=1S/C53H56N8O17S5/c1-9-60(35-17-20-37(21-18-35)81(71,72)57-34-16-23-47(78-25-24-77-6)49(28-34)83(75,76)59-44-31-41(53(3,4)5)32(2)26-46(44)62)52(64)40-30-45(55-54-42-22-19-36(61(65)66)29-48(42)79(7,67)68)50-39(51(40)63)14-11-15-43(50)58-82(73,74)38-13-10-12-33(27-38)56-80(8,69)70/h10-23,26-31,56-59,62-63H,9,24-25H2,1-8H3. The van der Waals surface area contributed by atoms with Crippen molar-refractivity contribution in [3.63, 3.8) is 0 Å². The number of aromatic hydroxyl groups is 2. The quantitative estimate of drug-likeness (QED) is 0.0121. The van der Waals surface area contributed by atoms with Crippen molar-refractivity contribution < 1.29 is 71.5 Å². The van der Waals surface area contributed by atoms with Crippen molar-refractivity contribution in [1.29, 1.82) is 0 Å². The summed E-state index contributed by atoms with van der Waals surface area (Å²) in [7, 11) is -20.4. The molecule has 0 atom stereocenters. The van der Waals surface area contributed by atoms with Gasteiger partial charge in [-0.25, -0.2) is 42.1 Å². The molecule has 25 nitrogen and oxygen atoms in total. The van der Waals surface area contributed by atoms with E-state index < -0.39 is 104 Å². The van der Waals surface area contributed by atoms with Crippen LogP contribution in [-0.2, 0) is 60.1 Å². The Kier molecular flexibility index (Phi) is 17.8. The molecule has 0 bridgehead atoms. The number of carbonyl (C=O) groups excluding carboxylic acids is 1. The van der Waals surface area contributed by atoms with Crippen LogP contribution in [0.3, 0.4) is 0 Å². The summed E-state index contributed by atoms with van der Waals surface area (Å²) in [5.74, 6) is -2.16. The lowest BCUT2D eigenvalue weighted by Gasteiger charge is -2.23. The maximum atomic E-state index is 14.7. The Morgan fingerprint density at radius 3 is 1.94 bits per heavy atom. The first kappa shape index (κ1) is 62.2. The zero-order valence-corrected chi connectivity index (χ0v) is 49.6. The van der Waals surface area contributed by atoms with Gasteiger partial charge in [-0.1, -0.05) is 39.0 Å². The van der Waals surface area contributed by atoms with Gasteiger partial charge in [0.15, 0.2) is 9.84 Å². The molecular formula is C53H56N8O17S5. The van der Waals surface area contributed by atoms with Gasteiger partial charge in [0.2, 0.25) is 10.0 Å². The van der Waals surface area contributed by atoms with Gasteiger partial charge in [0.25, 0.3) is 41.7 Å². The van der Waals surface area contributed by atoms with Crippen molar-refractivity contribution in [2.75, 3.05) is 63.2 Å². The topological polar surface area (TPSA) is 366 Å². The first-order valence-corrected chi connectivity index (χ1v) is 32.7. The molecule has 7 aromatic rings. The summed E-state index contributed by atoms with van der Waals surface area (Å²) < 4.78 is 154. The Morgan fingerprint density at radius 1 is 0.675 bits per heavy atom. The summed E-state index contributed by atoms with van der Waals surface area (Å²) in [5, 5.41) is 42.3. The van der Waals surface area contributed by atoms with Crippen LogP contribution in [0.4, 0.5) is 45.5 Å². The summed E-state index contributed by atoms with van der Waals surface area (Å²) in [5.41, 5.74) is -1.42. The minimum atomic E-state index is -4.61. The minimum Gasteiger partial charge on any atom is -0.506 e. The first-order valence-electron chi connectivity index (χ1n) is 24.5. The molecule has 0 spiro atoms. The molecule has 7 rings (SSSR count). The number of phenols is 2. The zero-order valence-electron chi connectivity index (χ0n) is 45.5. The van der Waals surface area contributed by atoms with Crippen LogP contribution in [0.25, 0.3) is 10.8 Å². The number of ether oxygens (including phenoxy) is 2. The predicted molar refractivity (Wildman–Crippen MR) is 312 cm³/mol. The highest BCUT2D eigenvalue weighted by molar-refractivity contribution is 7.93. The predicted octanol–water partition coefficient (Wildman–Crippen LogP) is 9.05. The van der Waals surface area contributed by atoms with E-state index in [1.54, 1.807) is 13.8 Å². The Bertz CT molecular complexity index is 4350. The van der Waals surface area contributed by atoms with Gasteiger partial charge in [0.05, 0.1) is 55.9 Å². The second kappa shape index (κ2) is 23.8. The number of fused-ring (bicyclic) bond motifs is 1. The van der Waals surface area contributed by atoms with Crippen LogP contribution in [0, 0.1) is 17.0 Å². The fraction of sp³-hybridized carbons (Fsp3) is 0.226. The van der Waals surface area contributed by atoms with Crippen molar-refractivity contribution >= 4 is 112 Å². The smallest absolute Gasteiger partial charge is 0.270 e. The number of nitro groups is 1. The molecule has 0 radical (unpaired) electrons. The molecular weight excluding hydrogens is 1180 g/mol. The number of aryl methyl sites for hydroxylation is 1. The third kappa shape index (κ3) is 14.4. The van der Waals surface area contributed by atoms with E-state index in [-0.39, 0.29) is 81.0 Å². The third-order valence-electron chi connectivity index (χ3n) is 12.3. The van der Waals surface area contributed by atoms with Crippen LogP contribution in [0.2, 0.25) is 0 Å². The highest BCUT2D eigenvalue weighted by Crippen LogP contribution is 2.44. The van der Waals surface area contributed by atoms with E-state index in [0.717, 1.165) is 71.5 Å². The highest BCUT2D eigenvalue weighted by Gasteiger charge is 2.29. The number of hydrogen-bond acceptors (Lipinski definition) is 19. The van der Waals surface area contributed by atoms with Crippen molar-refractivity contribution in [2.24, 2.45) is 10.2 Å². The van der Waals surface area contributed by atoms with Crippen LogP contribution >= 0.6 is 0 Å². The zero-order chi connectivity index (χ0) is 61.2. The Balaban J connectivity index is 1.26. The van der Waals surface area contributed by atoms with Gasteiger partial charge in [-0.15, -0.1) is 10.2 Å². The molecule has 1 amide bonds. The molecule has 0 unspecified atom stereocenters. The Morgan fingerprint density at radius 2 is 1.31 bits per heavy atom. The number of anilines is 5. The number of azo groups is 1. The lowest BCUT2D eigenvalue weighted by molar-refractivity contribution is -0.385. The van der Waals surface area contributed by atoms with E-state index in [0.29, 0.717) is 5.56 Å². The number of rotatable bonds is 22. The number of phenolic OH excluding ortho intramolecular Hbond substituents is 2. The van der Waals surface area contributed by atoms with Gasteiger partial charge < -0.3 is 24.6 Å². The number of nitrogens with one attached hydrogen (secondary N) is 4. The molecule has 440 valence electrons. The number of non-ortho nitro benzene ring substituents is 1. The van der Waals surface area contributed by atoms with E-state index in [1.807, 2.05) is 20.8 Å². The molecule has 7 aromatic carbocycles. The van der Waals surface area contributed by atoms with Crippen LogP contribution < -0.4 is 28.5 Å². The van der Waals surface area contributed by atoms with E-state index in [9.17, 15) is 67.2 Å². The number of carbonyl (C=O) groups is 1. The number of hydrogen-bond donors (Lipinski definition) is 6. The van der Waals surface area contributed by atoms with E-state index in [2.05, 4.69) is 29.1 Å². The van der Waals surface area contributed by atoms with Crippen LogP contribution in [0.15, 0.2) is 151 Å². The molecule has 0 aromatic heterocycles. The fourth-order valence-electron chi connectivity index (χ4n) is 8.55. The molecule has 83 heavy (non-hydrogen) atoms. The van der Waals surface area contributed by atoms with Crippen LogP contribution in [0.1, 0.15) is 49.2 Å². The van der Waals surface area contributed by atoms with Crippen molar-refractivity contribution in [1.82, 2.24) is 0 Å². The second-order valence-electron chi connectivity index (χ2n) is 19.6. The molecule has 0 aliphatic heterocycles. The maximum Gasteiger partial charge on any atom is 0.270 e. The summed E-state index contributed by atoms with van der Waals surface area (Å²) in [6.45, 7) is 8.96. The Hall–Kier alpha value is -8.42. The SMILES string of the molecule is CCN(C(=O)c1cc(N=Nc2ccc([N+](=O)[O-])cc2S(C)(=O)=O)c2c(NS(=O)(=O)c3cccc(NS(C)(=O)=O)c3)cccc2c1O)c1ccc(S(=O)(=O)Nc2ccc(OCCOC)c(S(=O)(=O)Nc3cc(C(C)(C)C)c(C)cc3O)c2)cc1. The minimum absolute atomic E-state index is 0.0752. The van der Waals surface area contributed by atoms with E-state index in [1.165, 1.54) is 79.9 Å². The number of sulfonamides is 4. The molecule has 0 saturated heterocycles. The maximum absolute atomic E-state index is 14.7. The number of sulfone groups is 1. The number of nitrogens with zero attached hydrogens (tertiary/aromatic N) is 4. The van der Waals surface area contributed by atoms with Gasteiger partial charge in [-0.05, 0) is 121 Å². The largest absolute Gasteiger partial charge is 0.506 e. The molecule has 0 heterocycles. The summed E-state index contributed by atoms with van der Waals surface area (Å²) in [6, 6.07) is 23.8. The summed E-state index contributed by atoms with van der Waals surface area (Å²) in [4.78, 5) is 24.8. The average Bonchev–Trinajstić information content (AvgIpc) is 2.28. The van der Waals surface area contributed by atoms with Gasteiger partial charge in [-0.3, -0.25) is 33.8 Å². The van der Waals surface area contributed by atoms with Crippen molar-refractivity contribution in [2.45, 2.75) is 59.6 Å². The Labute approximate surface area is 479 Å². The van der Waals surface area contributed by atoms with Crippen molar-refractivity contribution in [3.05, 3.63) is 148 Å². The molecule has 0 saturated carbocycles. The van der Waals surface area contributed by atoms with Gasteiger partial charge in [-0.2, -0.15) is 0 Å². The summed E-state index contributed by atoms with van der Waals surface area (Å²) >= 11 is 0. The molecule has 6 N–H and O–H groups in total. The second-order valence-corrected chi connectivity index (χ2v) is 28.3. The normalized spacial score (nSPS) is 12.5. The number of amides is 1. The highest BCUT2D eigenvalue weighted by atomic mass is 32.2. The molecule has 0 fully saturated rings. The monoisotopic (exact) mass is 1240 g/mol. The van der Waals surface area contributed by atoms with Gasteiger partial charge in [0, 0.05) is 54.2 Å². The fourth-order valence-corrected chi connectivity index (χ4v) is 13.3. The van der Waals surface area contributed by atoms with Gasteiger partial charge >= 0.3 is 0 Å². The average molecular weight is 1240 g/mol. The number of benzene rings is 7. The molecule has 0 aliphatic carbocycles. The summed E-state index contributed by atoms with van der Waals surface area (Å²) in [6.07, 6.45) is 1.64. The van der Waals surface area contributed by atoms with E-state index >= 15 is 0 Å². The lowest BCUT2D eigenvalue weighted by Crippen LogP contribution is -2.30. The van der Waals surface area contributed by atoms with E-state index in [4.69, 9.17) is 9.47 Å². The molecule has 30 heteroatoms. The lowest BCUT2D eigenvalue weighted by atomic mass is 9.84. The first-order chi connectivity index (χ1) is 38.6. The van der Waals surface area contributed by atoms with Crippen LogP contribution in [0.5, 0.6) is 17.2 Å². The molecule has 0 aliphatic rings. The van der Waals surface area contributed by atoms with Crippen LogP contribution in [-0.4, -0.2) is 103 Å². The van der Waals surface area contributed by atoms with Gasteiger partial charge in [0.1, 0.15) is 39.3 Å².